The highest BCUT2D eigenvalue weighted by Crippen LogP contribution is 2.20. The molecule has 1 amide bonds. The summed E-state index contributed by atoms with van der Waals surface area (Å²) in [6.45, 7) is 7.38. The van der Waals surface area contributed by atoms with Crippen molar-refractivity contribution < 1.29 is 14.8 Å². The lowest BCUT2D eigenvalue weighted by molar-refractivity contribution is -0.385. The Morgan fingerprint density at radius 3 is 2.56 bits per heavy atom. The van der Waals surface area contributed by atoms with Crippen LogP contribution in [0.1, 0.15) is 38.4 Å². The van der Waals surface area contributed by atoms with Gasteiger partial charge in [0.25, 0.3) is 5.69 Å². The number of piperazine rings is 1. The number of aliphatic hydroxyl groups excluding tert-OH is 1. The molecule has 1 saturated heterocycles. The van der Waals surface area contributed by atoms with E-state index in [2.05, 4.69) is 18.7 Å². The van der Waals surface area contributed by atoms with Gasteiger partial charge in [0.15, 0.2) is 0 Å². The van der Waals surface area contributed by atoms with Crippen LogP contribution in [0.3, 0.4) is 0 Å². The Morgan fingerprint density at radius 2 is 1.96 bits per heavy atom. The van der Waals surface area contributed by atoms with Crippen LogP contribution in [0, 0.1) is 16.0 Å². The first-order valence-corrected chi connectivity index (χ1v) is 8.79. The van der Waals surface area contributed by atoms with Crippen molar-refractivity contribution in [2.75, 3.05) is 32.7 Å². The first kappa shape index (κ1) is 19.3. The maximum absolute atomic E-state index is 12.1. The third-order valence-corrected chi connectivity index (χ3v) is 4.56. The van der Waals surface area contributed by atoms with Crippen molar-refractivity contribution in [3.05, 3.63) is 39.9 Å². The molecule has 0 aliphatic carbocycles. The molecular formula is C18H27N3O4. The minimum absolute atomic E-state index is 0.0166. The smallest absolute Gasteiger partial charge is 0.269 e. The Balaban J connectivity index is 1.82. The Labute approximate surface area is 148 Å². The Morgan fingerprint density at radius 1 is 1.28 bits per heavy atom. The maximum atomic E-state index is 12.1. The summed E-state index contributed by atoms with van der Waals surface area (Å²) >= 11 is 0. The summed E-state index contributed by atoms with van der Waals surface area (Å²) in [5.41, 5.74) is 0.529. The predicted molar refractivity (Wildman–Crippen MR) is 95.1 cm³/mol. The average molecular weight is 349 g/mol. The molecule has 7 nitrogen and oxygen atoms in total. The molecule has 2 rings (SSSR count). The summed E-state index contributed by atoms with van der Waals surface area (Å²) in [7, 11) is 0. The van der Waals surface area contributed by atoms with E-state index in [1.807, 2.05) is 4.90 Å². The highest BCUT2D eigenvalue weighted by Gasteiger charge is 2.23. The molecule has 1 aromatic carbocycles. The molecule has 1 atom stereocenters. The van der Waals surface area contributed by atoms with Crippen LogP contribution in [0.4, 0.5) is 5.69 Å². The zero-order valence-corrected chi connectivity index (χ0v) is 14.9. The monoisotopic (exact) mass is 349 g/mol. The second-order valence-electron chi connectivity index (χ2n) is 6.98. The van der Waals surface area contributed by atoms with E-state index >= 15 is 0 Å². The van der Waals surface area contributed by atoms with E-state index in [1.54, 1.807) is 12.1 Å². The van der Waals surface area contributed by atoms with Crippen LogP contribution < -0.4 is 0 Å². The van der Waals surface area contributed by atoms with Crippen molar-refractivity contribution in [3.63, 3.8) is 0 Å². The number of carbonyl (C=O) groups is 1. The zero-order valence-electron chi connectivity index (χ0n) is 14.9. The zero-order chi connectivity index (χ0) is 18.4. The standard InChI is InChI=1S/C18H27N3O4/c1-14(2)6-7-18(23)20-10-8-19(9-11-20)13-17(22)15-4-3-5-16(12-15)21(24)25/h3-5,12,14,17,22H,6-11,13H2,1-2H3. The third-order valence-electron chi connectivity index (χ3n) is 4.56. The van der Waals surface area contributed by atoms with Crippen molar-refractivity contribution in [1.29, 1.82) is 0 Å². The van der Waals surface area contributed by atoms with Gasteiger partial charge < -0.3 is 10.0 Å². The number of nitrogens with zero attached hydrogens (tertiary/aromatic N) is 3. The summed E-state index contributed by atoms with van der Waals surface area (Å²) < 4.78 is 0. The van der Waals surface area contributed by atoms with Crippen molar-refractivity contribution >= 4 is 11.6 Å². The molecule has 0 spiro atoms. The minimum atomic E-state index is -0.775. The van der Waals surface area contributed by atoms with Gasteiger partial charge in [0.1, 0.15) is 0 Å². The molecule has 1 aliphatic rings. The number of nitro groups is 1. The number of carbonyl (C=O) groups excluding carboxylic acids is 1. The Hall–Kier alpha value is -1.99. The van der Waals surface area contributed by atoms with Crippen LogP contribution in [0.15, 0.2) is 24.3 Å². The van der Waals surface area contributed by atoms with Crippen LogP contribution >= 0.6 is 0 Å². The highest BCUT2D eigenvalue weighted by atomic mass is 16.6. The number of non-ortho nitro benzene ring substituents is 1. The van der Waals surface area contributed by atoms with Crippen molar-refractivity contribution in [2.24, 2.45) is 5.92 Å². The van der Waals surface area contributed by atoms with Crippen LogP contribution in [0.2, 0.25) is 0 Å². The van der Waals surface area contributed by atoms with Crippen LogP contribution in [0.5, 0.6) is 0 Å². The van der Waals surface area contributed by atoms with Gasteiger partial charge >= 0.3 is 0 Å². The van der Waals surface area contributed by atoms with Gasteiger partial charge in [-0.1, -0.05) is 26.0 Å². The Kier molecular flexibility index (Phi) is 6.90. The first-order valence-electron chi connectivity index (χ1n) is 8.79. The normalized spacial score (nSPS) is 16.9. The fourth-order valence-electron chi connectivity index (χ4n) is 2.95. The van der Waals surface area contributed by atoms with Crippen molar-refractivity contribution in [1.82, 2.24) is 9.80 Å². The van der Waals surface area contributed by atoms with E-state index in [0.717, 1.165) is 6.42 Å². The number of β-amino-alcohol motifs (C(OH)–C–C–N with tert-alkyl or cyclic N) is 1. The van der Waals surface area contributed by atoms with Gasteiger partial charge in [0.2, 0.25) is 5.91 Å². The van der Waals surface area contributed by atoms with Crippen LogP contribution in [-0.2, 0) is 4.79 Å². The molecule has 0 aromatic heterocycles. The molecule has 1 unspecified atom stereocenters. The molecule has 1 N–H and O–H groups in total. The number of benzene rings is 1. The maximum Gasteiger partial charge on any atom is 0.269 e. The van der Waals surface area contributed by atoms with Gasteiger partial charge in [0, 0.05) is 51.3 Å². The lowest BCUT2D eigenvalue weighted by Gasteiger charge is -2.35. The SMILES string of the molecule is CC(C)CCC(=O)N1CCN(CC(O)c2cccc([N+](=O)[O-])c2)CC1. The van der Waals surface area contributed by atoms with E-state index < -0.39 is 11.0 Å². The van der Waals surface area contributed by atoms with E-state index in [1.165, 1.54) is 12.1 Å². The van der Waals surface area contributed by atoms with Gasteiger partial charge in [-0.15, -0.1) is 0 Å². The molecule has 1 fully saturated rings. The number of aliphatic hydroxyl groups is 1. The lowest BCUT2D eigenvalue weighted by Crippen LogP contribution is -2.49. The van der Waals surface area contributed by atoms with Gasteiger partial charge in [-0.2, -0.15) is 0 Å². The molecule has 0 bridgehead atoms. The molecule has 1 aliphatic heterocycles. The molecule has 25 heavy (non-hydrogen) atoms. The molecule has 0 saturated carbocycles. The highest BCUT2D eigenvalue weighted by molar-refractivity contribution is 5.76. The second kappa shape index (κ2) is 8.92. The van der Waals surface area contributed by atoms with Gasteiger partial charge in [-0.05, 0) is 17.9 Å². The topological polar surface area (TPSA) is 86.9 Å². The average Bonchev–Trinajstić information content (AvgIpc) is 2.60. The Bertz CT molecular complexity index is 598. The number of rotatable bonds is 7. The molecule has 1 heterocycles. The van der Waals surface area contributed by atoms with E-state index in [0.29, 0.717) is 50.6 Å². The summed E-state index contributed by atoms with van der Waals surface area (Å²) in [6.07, 6.45) is 0.724. The second-order valence-corrected chi connectivity index (χ2v) is 6.98. The largest absolute Gasteiger partial charge is 0.387 e. The van der Waals surface area contributed by atoms with Crippen molar-refractivity contribution in [3.8, 4) is 0 Å². The summed E-state index contributed by atoms with van der Waals surface area (Å²) in [6, 6.07) is 6.11. The van der Waals surface area contributed by atoms with E-state index in [9.17, 15) is 20.0 Å². The van der Waals surface area contributed by atoms with Gasteiger partial charge in [-0.25, -0.2) is 0 Å². The number of hydrogen-bond acceptors (Lipinski definition) is 5. The molecule has 0 radical (unpaired) electrons. The summed E-state index contributed by atoms with van der Waals surface area (Å²) in [5.74, 6) is 0.725. The quantitative estimate of drug-likeness (QED) is 0.602. The van der Waals surface area contributed by atoms with E-state index in [4.69, 9.17) is 0 Å². The molecule has 1 aromatic rings. The number of nitro benzene ring substituents is 1. The molecule has 7 heteroatoms. The number of hydrogen-bond donors (Lipinski definition) is 1. The van der Waals surface area contributed by atoms with Crippen molar-refractivity contribution in [2.45, 2.75) is 32.8 Å². The van der Waals surface area contributed by atoms with Gasteiger partial charge in [-0.3, -0.25) is 19.8 Å². The molecular weight excluding hydrogens is 322 g/mol. The fourth-order valence-corrected chi connectivity index (χ4v) is 2.95. The lowest BCUT2D eigenvalue weighted by atomic mass is 10.1. The summed E-state index contributed by atoms with van der Waals surface area (Å²) in [5, 5.41) is 21.2. The third kappa shape index (κ3) is 5.79. The van der Waals surface area contributed by atoms with Crippen LogP contribution in [-0.4, -0.2) is 58.5 Å². The van der Waals surface area contributed by atoms with Crippen LogP contribution in [0.25, 0.3) is 0 Å². The predicted octanol–water partition coefficient (Wildman–Crippen LogP) is 2.21. The number of amides is 1. The molecule has 138 valence electrons. The summed E-state index contributed by atoms with van der Waals surface area (Å²) in [4.78, 5) is 26.5. The minimum Gasteiger partial charge on any atom is -0.387 e. The van der Waals surface area contributed by atoms with Gasteiger partial charge in [0.05, 0.1) is 11.0 Å². The fraction of sp³-hybridized carbons (Fsp3) is 0.611. The van der Waals surface area contributed by atoms with E-state index in [-0.39, 0.29) is 11.6 Å². The first-order chi connectivity index (χ1) is 11.9.